The average molecular weight is 398 g/mol. The summed E-state index contributed by atoms with van der Waals surface area (Å²) in [6.45, 7) is 3.42. The van der Waals surface area contributed by atoms with Crippen LogP contribution in [0.3, 0.4) is 0 Å². The van der Waals surface area contributed by atoms with Gasteiger partial charge in [-0.3, -0.25) is 9.69 Å². The summed E-state index contributed by atoms with van der Waals surface area (Å²) >= 11 is 0. The van der Waals surface area contributed by atoms with Crippen LogP contribution in [0.1, 0.15) is 29.8 Å². The zero-order chi connectivity index (χ0) is 21.7. The molecule has 0 atom stereocenters. The fourth-order valence-corrected chi connectivity index (χ4v) is 2.86. The van der Waals surface area contributed by atoms with Crippen molar-refractivity contribution in [3.8, 4) is 18.4 Å². The van der Waals surface area contributed by atoms with Crippen molar-refractivity contribution in [3.63, 3.8) is 0 Å². The topological polar surface area (TPSA) is 69.0 Å². The Kier molecular flexibility index (Phi) is 5.80. The van der Waals surface area contributed by atoms with Crippen molar-refractivity contribution in [2.45, 2.75) is 19.4 Å². The number of terminal acetylenes is 1. The zero-order valence-corrected chi connectivity index (χ0v) is 16.6. The molecule has 1 aromatic heterocycles. The predicted molar refractivity (Wildman–Crippen MR) is 114 cm³/mol. The van der Waals surface area contributed by atoms with Crippen LogP contribution in [0.4, 0.5) is 21.6 Å². The third-order valence-corrected chi connectivity index (χ3v) is 4.33. The molecule has 2 aromatic carbocycles. The van der Waals surface area contributed by atoms with E-state index in [0.717, 1.165) is 0 Å². The van der Waals surface area contributed by atoms with E-state index < -0.39 is 17.3 Å². The van der Waals surface area contributed by atoms with E-state index >= 15 is 0 Å². The first-order valence-corrected chi connectivity index (χ1v) is 9.16. The Labute approximate surface area is 174 Å². The molecular weight excluding hydrogens is 379 g/mol. The summed E-state index contributed by atoms with van der Waals surface area (Å²) < 4.78 is 14.0. The molecule has 1 amide bonds. The highest BCUT2D eigenvalue weighted by atomic mass is 19.1. The van der Waals surface area contributed by atoms with Gasteiger partial charge >= 0.3 is 0 Å². The molecule has 0 saturated carbocycles. The molecular formula is C24H19FN4O. The molecule has 30 heavy (non-hydrogen) atoms. The predicted octanol–water partition coefficient (Wildman–Crippen LogP) is 4.70. The summed E-state index contributed by atoms with van der Waals surface area (Å²) in [4.78, 5) is 19.0. The second-order valence-corrected chi connectivity index (χ2v) is 7.08. The molecule has 0 unspecified atom stereocenters. The number of amides is 1. The van der Waals surface area contributed by atoms with Crippen LogP contribution >= 0.6 is 0 Å². The van der Waals surface area contributed by atoms with E-state index in [1.165, 1.54) is 12.1 Å². The molecule has 148 valence electrons. The van der Waals surface area contributed by atoms with Gasteiger partial charge in [-0.05, 0) is 62.4 Å². The number of benzene rings is 2. The maximum Gasteiger partial charge on any atom is 0.256 e. The standard InChI is InChI=1S/C24H19FN4O/c1-4-24(2,3)28-23(30)21-12-7-13-27-22(21)29(20-11-6-9-18(25)15-20)19-10-5-8-17(14-19)16-26/h1,5-15H,2-3H3,(H,28,30). The maximum atomic E-state index is 14.0. The molecule has 0 spiro atoms. The van der Waals surface area contributed by atoms with Crippen LogP contribution < -0.4 is 10.2 Å². The van der Waals surface area contributed by atoms with Gasteiger partial charge in [-0.2, -0.15) is 5.26 Å². The number of nitriles is 1. The number of rotatable bonds is 5. The largest absolute Gasteiger partial charge is 0.336 e. The van der Waals surface area contributed by atoms with Crippen LogP contribution in [-0.2, 0) is 0 Å². The number of aromatic nitrogens is 1. The van der Waals surface area contributed by atoms with E-state index in [-0.39, 0.29) is 11.4 Å². The Morgan fingerprint density at radius 3 is 2.50 bits per heavy atom. The molecule has 0 aliphatic rings. The molecule has 6 heteroatoms. The molecule has 1 N–H and O–H groups in total. The fraction of sp³-hybridized carbons (Fsp3) is 0.125. The molecule has 3 rings (SSSR count). The molecule has 5 nitrogen and oxygen atoms in total. The first-order chi connectivity index (χ1) is 14.3. The molecule has 3 aromatic rings. The van der Waals surface area contributed by atoms with Gasteiger partial charge in [0.1, 0.15) is 11.6 Å². The van der Waals surface area contributed by atoms with Crippen molar-refractivity contribution in [2.75, 3.05) is 4.90 Å². The van der Waals surface area contributed by atoms with Gasteiger partial charge < -0.3 is 5.32 Å². The average Bonchev–Trinajstić information content (AvgIpc) is 2.74. The summed E-state index contributed by atoms with van der Waals surface area (Å²) in [5.41, 5.74) is 0.823. The summed E-state index contributed by atoms with van der Waals surface area (Å²) in [5.74, 6) is 1.95. The number of nitrogens with one attached hydrogen (secondary N) is 1. The number of nitrogens with zero attached hydrogens (tertiary/aromatic N) is 3. The van der Waals surface area contributed by atoms with E-state index in [9.17, 15) is 14.4 Å². The van der Waals surface area contributed by atoms with Gasteiger partial charge in [-0.25, -0.2) is 9.37 Å². The first kappa shape index (κ1) is 20.6. The molecule has 0 bridgehead atoms. The van der Waals surface area contributed by atoms with Gasteiger partial charge in [0.05, 0.1) is 28.4 Å². The lowest BCUT2D eigenvalue weighted by Gasteiger charge is -2.27. The summed E-state index contributed by atoms with van der Waals surface area (Å²) in [6.07, 6.45) is 7.04. The third kappa shape index (κ3) is 4.45. The SMILES string of the molecule is C#CC(C)(C)NC(=O)c1cccnc1N(c1cccc(F)c1)c1cccc(C#N)c1. The summed E-state index contributed by atoms with van der Waals surface area (Å²) in [6, 6.07) is 18.0. The second kappa shape index (κ2) is 8.46. The summed E-state index contributed by atoms with van der Waals surface area (Å²) in [5, 5.41) is 12.1. The van der Waals surface area contributed by atoms with Gasteiger partial charge in [0, 0.05) is 11.9 Å². The monoisotopic (exact) mass is 398 g/mol. The smallest absolute Gasteiger partial charge is 0.256 e. The fourth-order valence-electron chi connectivity index (χ4n) is 2.86. The first-order valence-electron chi connectivity index (χ1n) is 9.16. The number of anilines is 3. The molecule has 0 saturated heterocycles. The van der Waals surface area contributed by atoms with Crippen molar-refractivity contribution in [3.05, 3.63) is 83.8 Å². The maximum absolute atomic E-state index is 14.0. The van der Waals surface area contributed by atoms with Crippen LogP contribution in [0.15, 0.2) is 66.9 Å². The van der Waals surface area contributed by atoms with Crippen LogP contribution in [0.25, 0.3) is 0 Å². The number of halogens is 1. The van der Waals surface area contributed by atoms with Gasteiger partial charge in [-0.15, -0.1) is 6.42 Å². The van der Waals surface area contributed by atoms with Gasteiger partial charge in [0.25, 0.3) is 5.91 Å². The Balaban J connectivity index is 2.20. The van der Waals surface area contributed by atoms with Crippen LogP contribution in [0, 0.1) is 29.5 Å². The molecule has 1 heterocycles. The molecule has 0 fully saturated rings. The van der Waals surface area contributed by atoms with E-state index in [1.54, 1.807) is 73.5 Å². The van der Waals surface area contributed by atoms with Crippen molar-refractivity contribution in [2.24, 2.45) is 0 Å². The quantitative estimate of drug-likeness (QED) is 0.633. The zero-order valence-electron chi connectivity index (χ0n) is 16.6. The minimum atomic E-state index is -0.866. The van der Waals surface area contributed by atoms with E-state index in [4.69, 9.17) is 6.42 Å². The van der Waals surface area contributed by atoms with Crippen LogP contribution in [0.5, 0.6) is 0 Å². The van der Waals surface area contributed by atoms with Crippen LogP contribution in [0.2, 0.25) is 0 Å². The number of pyridine rings is 1. The highest BCUT2D eigenvalue weighted by molar-refractivity contribution is 6.01. The lowest BCUT2D eigenvalue weighted by Crippen LogP contribution is -2.42. The second-order valence-electron chi connectivity index (χ2n) is 7.08. The van der Waals surface area contributed by atoms with E-state index in [1.807, 2.05) is 0 Å². The molecule has 0 aliphatic carbocycles. The van der Waals surface area contributed by atoms with Crippen LogP contribution in [-0.4, -0.2) is 16.4 Å². The van der Waals surface area contributed by atoms with E-state index in [0.29, 0.717) is 16.9 Å². The number of hydrogen-bond donors (Lipinski definition) is 1. The highest BCUT2D eigenvalue weighted by Gasteiger charge is 2.25. The van der Waals surface area contributed by atoms with Crippen molar-refractivity contribution < 1.29 is 9.18 Å². The van der Waals surface area contributed by atoms with Crippen molar-refractivity contribution >= 4 is 23.1 Å². The van der Waals surface area contributed by atoms with Gasteiger partial charge in [-0.1, -0.05) is 18.1 Å². The Hall–Kier alpha value is -4.16. The Morgan fingerprint density at radius 1 is 1.13 bits per heavy atom. The molecule has 0 radical (unpaired) electrons. The normalized spacial score (nSPS) is 10.6. The highest BCUT2D eigenvalue weighted by Crippen LogP contribution is 2.35. The Bertz CT molecular complexity index is 1170. The minimum absolute atomic E-state index is 0.257. The van der Waals surface area contributed by atoms with Crippen molar-refractivity contribution in [1.29, 1.82) is 5.26 Å². The Morgan fingerprint density at radius 2 is 1.83 bits per heavy atom. The lowest BCUT2D eigenvalue weighted by molar-refractivity contribution is 0.0930. The summed E-state index contributed by atoms with van der Waals surface area (Å²) in [7, 11) is 0. The third-order valence-electron chi connectivity index (χ3n) is 4.33. The number of carbonyl (C=O) groups is 1. The molecule has 0 aliphatic heterocycles. The minimum Gasteiger partial charge on any atom is -0.336 e. The lowest BCUT2D eigenvalue weighted by atomic mass is 10.1. The van der Waals surface area contributed by atoms with Crippen molar-refractivity contribution in [1.82, 2.24) is 10.3 Å². The van der Waals surface area contributed by atoms with E-state index in [2.05, 4.69) is 22.3 Å². The number of hydrogen-bond acceptors (Lipinski definition) is 4. The van der Waals surface area contributed by atoms with Gasteiger partial charge in [0.15, 0.2) is 0 Å². The van der Waals surface area contributed by atoms with Gasteiger partial charge in [0.2, 0.25) is 0 Å². The number of carbonyl (C=O) groups excluding carboxylic acids is 1.